The van der Waals surface area contributed by atoms with Gasteiger partial charge in [0.1, 0.15) is 12.7 Å². The molecule has 2 saturated heterocycles. The van der Waals surface area contributed by atoms with Gasteiger partial charge in [-0.2, -0.15) is 13.2 Å². The van der Waals surface area contributed by atoms with Crippen LogP contribution in [0.25, 0.3) is 0 Å². The molecule has 1 unspecified atom stereocenters. The van der Waals surface area contributed by atoms with E-state index in [1.165, 1.54) is 6.07 Å². The number of amides is 1. The Morgan fingerprint density at radius 1 is 1.19 bits per heavy atom. The molecule has 190 valence electrons. The molecular weight excluding hydrogens is 474 g/mol. The molecular formula is C27H27F4N3O2. The van der Waals surface area contributed by atoms with Gasteiger partial charge >= 0.3 is 6.18 Å². The van der Waals surface area contributed by atoms with Gasteiger partial charge in [-0.3, -0.25) is 4.79 Å². The predicted octanol–water partition coefficient (Wildman–Crippen LogP) is 5.77. The van der Waals surface area contributed by atoms with E-state index in [9.17, 15) is 22.4 Å². The minimum absolute atomic E-state index is 0.0193. The molecule has 2 aliphatic rings. The predicted molar refractivity (Wildman–Crippen MR) is 125 cm³/mol. The number of fused-ring (bicyclic) bond motifs is 1. The average molecular weight is 502 g/mol. The Kier molecular flexibility index (Phi) is 6.36. The average Bonchev–Trinajstić information content (AvgIpc) is 3.56. The van der Waals surface area contributed by atoms with Crippen LogP contribution in [0.4, 0.5) is 17.6 Å². The zero-order valence-corrected chi connectivity index (χ0v) is 20.0. The van der Waals surface area contributed by atoms with E-state index in [1.54, 1.807) is 25.6 Å². The van der Waals surface area contributed by atoms with Gasteiger partial charge in [-0.05, 0) is 54.7 Å². The van der Waals surface area contributed by atoms with Crippen LogP contribution in [0.1, 0.15) is 59.2 Å². The molecule has 2 fully saturated rings. The quantitative estimate of drug-likeness (QED) is 0.403. The molecule has 0 aliphatic carbocycles. The number of imidazole rings is 1. The summed E-state index contributed by atoms with van der Waals surface area (Å²) in [5, 5.41) is 0. The summed E-state index contributed by atoms with van der Waals surface area (Å²) in [6, 6.07) is 10.7. The molecule has 0 saturated carbocycles. The molecule has 5 nitrogen and oxygen atoms in total. The van der Waals surface area contributed by atoms with E-state index < -0.39 is 30.6 Å². The van der Waals surface area contributed by atoms with Crippen molar-refractivity contribution in [2.75, 3.05) is 6.54 Å². The first kappa shape index (κ1) is 24.5. The zero-order valence-electron chi connectivity index (χ0n) is 20.0. The summed E-state index contributed by atoms with van der Waals surface area (Å²) < 4.78 is 61.8. The largest absolute Gasteiger partial charge is 0.416 e. The summed E-state index contributed by atoms with van der Waals surface area (Å²) in [5.41, 5.74) is 1.42. The normalized spacial score (nSPS) is 24.8. The Labute approximate surface area is 206 Å². The standard InChI is InChI=1S/C27H27F4N3O2/c1-16-5-3-4-6-21(16)25-22-12-23(33-8-7-32-15-33)26(35)34(22)14-24(25)36-17(2)19-9-18(13-28)10-20(11-19)27(29,30)31/h3-11,15,17,22-25H,12-14H2,1-2H3/t17-,22+,23?,24+,25+/m1/s1. The number of ether oxygens (including phenoxy) is 1. The highest BCUT2D eigenvalue weighted by atomic mass is 19.4. The first-order valence-corrected chi connectivity index (χ1v) is 11.9. The monoisotopic (exact) mass is 501 g/mol. The van der Waals surface area contributed by atoms with Crippen molar-refractivity contribution in [1.29, 1.82) is 0 Å². The molecule has 2 aliphatic heterocycles. The van der Waals surface area contributed by atoms with E-state index in [1.807, 2.05) is 40.7 Å². The maximum absolute atomic E-state index is 13.4. The molecule has 2 aromatic carbocycles. The van der Waals surface area contributed by atoms with Crippen LogP contribution in [0.5, 0.6) is 0 Å². The molecule has 9 heteroatoms. The number of carbonyl (C=O) groups excluding carboxylic acids is 1. The van der Waals surface area contributed by atoms with E-state index in [-0.39, 0.29) is 35.0 Å². The summed E-state index contributed by atoms with van der Waals surface area (Å²) in [4.78, 5) is 19.2. The Morgan fingerprint density at radius 3 is 2.64 bits per heavy atom. The number of aromatic nitrogens is 2. The Bertz CT molecular complexity index is 1240. The molecule has 0 radical (unpaired) electrons. The van der Waals surface area contributed by atoms with Gasteiger partial charge in [-0.15, -0.1) is 0 Å². The number of aryl methyl sites for hydroxylation is 1. The fourth-order valence-electron chi connectivity index (χ4n) is 5.67. The van der Waals surface area contributed by atoms with Gasteiger partial charge in [0.2, 0.25) is 5.91 Å². The smallest absolute Gasteiger partial charge is 0.368 e. The third-order valence-corrected chi connectivity index (χ3v) is 7.40. The van der Waals surface area contributed by atoms with Crippen molar-refractivity contribution < 1.29 is 27.1 Å². The van der Waals surface area contributed by atoms with Crippen molar-refractivity contribution in [3.63, 3.8) is 0 Å². The first-order valence-electron chi connectivity index (χ1n) is 11.9. The van der Waals surface area contributed by atoms with E-state index in [2.05, 4.69) is 4.98 Å². The summed E-state index contributed by atoms with van der Waals surface area (Å²) in [6.45, 7) is 3.00. The minimum Gasteiger partial charge on any atom is -0.368 e. The minimum atomic E-state index is -4.59. The molecule has 5 rings (SSSR count). The molecule has 5 atom stereocenters. The highest BCUT2D eigenvalue weighted by Gasteiger charge is 2.53. The van der Waals surface area contributed by atoms with Crippen LogP contribution in [-0.2, 0) is 22.4 Å². The lowest BCUT2D eigenvalue weighted by Gasteiger charge is -2.28. The van der Waals surface area contributed by atoms with Crippen molar-refractivity contribution in [3.8, 4) is 0 Å². The number of halogens is 4. The van der Waals surface area contributed by atoms with Gasteiger partial charge in [0, 0.05) is 30.9 Å². The number of alkyl halides is 4. The van der Waals surface area contributed by atoms with Crippen LogP contribution in [-0.4, -0.2) is 39.0 Å². The maximum atomic E-state index is 13.4. The molecule has 0 N–H and O–H groups in total. The number of rotatable bonds is 6. The number of hydrogen-bond acceptors (Lipinski definition) is 3. The summed E-state index contributed by atoms with van der Waals surface area (Å²) in [5.74, 6) is -0.174. The van der Waals surface area contributed by atoms with Crippen LogP contribution in [0.3, 0.4) is 0 Å². The van der Waals surface area contributed by atoms with Crippen molar-refractivity contribution in [1.82, 2.24) is 14.5 Å². The molecule has 3 heterocycles. The highest BCUT2D eigenvalue weighted by Crippen LogP contribution is 2.47. The van der Waals surface area contributed by atoms with E-state index >= 15 is 0 Å². The van der Waals surface area contributed by atoms with Crippen molar-refractivity contribution >= 4 is 5.91 Å². The summed E-state index contributed by atoms with van der Waals surface area (Å²) in [6.07, 6.45) is -0.106. The van der Waals surface area contributed by atoms with E-state index in [0.29, 0.717) is 13.0 Å². The van der Waals surface area contributed by atoms with Crippen LogP contribution < -0.4 is 0 Å². The Hall–Kier alpha value is -3.20. The van der Waals surface area contributed by atoms with Crippen LogP contribution >= 0.6 is 0 Å². The number of carbonyl (C=O) groups is 1. The number of benzene rings is 2. The lowest BCUT2D eigenvalue weighted by Crippen LogP contribution is -2.31. The van der Waals surface area contributed by atoms with Gasteiger partial charge in [0.15, 0.2) is 0 Å². The van der Waals surface area contributed by atoms with Gasteiger partial charge in [0.05, 0.1) is 24.1 Å². The number of nitrogens with zero attached hydrogens (tertiary/aromatic N) is 3. The van der Waals surface area contributed by atoms with Gasteiger partial charge in [0.25, 0.3) is 0 Å². The van der Waals surface area contributed by atoms with Gasteiger partial charge < -0.3 is 14.2 Å². The lowest BCUT2D eigenvalue weighted by molar-refractivity contribution is -0.138. The third kappa shape index (κ3) is 4.40. The van der Waals surface area contributed by atoms with Gasteiger partial charge in [-0.25, -0.2) is 9.37 Å². The second-order valence-corrected chi connectivity index (χ2v) is 9.61. The molecule has 1 aromatic heterocycles. The second kappa shape index (κ2) is 9.35. The Balaban J connectivity index is 1.46. The third-order valence-electron chi connectivity index (χ3n) is 7.40. The molecule has 3 aromatic rings. The fraction of sp³-hybridized carbons (Fsp3) is 0.407. The summed E-state index contributed by atoms with van der Waals surface area (Å²) >= 11 is 0. The molecule has 36 heavy (non-hydrogen) atoms. The van der Waals surface area contributed by atoms with Crippen LogP contribution in [0.15, 0.2) is 61.2 Å². The summed E-state index contributed by atoms with van der Waals surface area (Å²) in [7, 11) is 0. The van der Waals surface area contributed by atoms with Crippen molar-refractivity contribution in [2.45, 2.75) is 63.3 Å². The molecule has 0 spiro atoms. The molecule has 1 amide bonds. The highest BCUT2D eigenvalue weighted by molar-refractivity contribution is 5.84. The van der Waals surface area contributed by atoms with Crippen molar-refractivity contribution in [3.05, 3.63) is 89.0 Å². The zero-order chi connectivity index (χ0) is 25.6. The Morgan fingerprint density at radius 2 is 1.97 bits per heavy atom. The number of hydrogen-bond donors (Lipinski definition) is 0. The van der Waals surface area contributed by atoms with Crippen LogP contribution in [0.2, 0.25) is 0 Å². The van der Waals surface area contributed by atoms with E-state index in [4.69, 9.17) is 4.74 Å². The van der Waals surface area contributed by atoms with Crippen molar-refractivity contribution in [2.24, 2.45) is 0 Å². The first-order chi connectivity index (χ1) is 17.2. The van der Waals surface area contributed by atoms with Gasteiger partial charge in [-0.1, -0.05) is 30.3 Å². The molecule has 0 bridgehead atoms. The second-order valence-electron chi connectivity index (χ2n) is 9.61. The fourth-order valence-corrected chi connectivity index (χ4v) is 5.67. The maximum Gasteiger partial charge on any atom is 0.416 e. The van der Waals surface area contributed by atoms with E-state index in [0.717, 1.165) is 23.3 Å². The SMILES string of the molecule is Cc1ccccc1[C@@H]1[C@@H](O[C@H](C)c2cc(CF)cc(C(F)(F)F)c2)CN2C(=O)C(n3ccnc3)C[C@@H]12. The lowest BCUT2D eigenvalue weighted by atomic mass is 9.85. The van der Waals surface area contributed by atoms with Crippen LogP contribution in [0, 0.1) is 6.92 Å². The topological polar surface area (TPSA) is 47.4 Å².